The van der Waals surface area contributed by atoms with Gasteiger partial charge in [-0.15, -0.1) is 0 Å². The van der Waals surface area contributed by atoms with Crippen LogP contribution in [0.15, 0.2) is 4.99 Å². The van der Waals surface area contributed by atoms with Gasteiger partial charge in [0.1, 0.15) is 6.54 Å². The molecule has 0 aromatic carbocycles. The summed E-state index contributed by atoms with van der Waals surface area (Å²) in [5.41, 5.74) is -0.584. The van der Waals surface area contributed by atoms with E-state index in [2.05, 4.69) is 29.5 Å². The van der Waals surface area contributed by atoms with Gasteiger partial charge < -0.3 is 20.4 Å². The summed E-state index contributed by atoms with van der Waals surface area (Å²) in [5, 5.41) is 6.10. The molecule has 0 aromatic rings. The van der Waals surface area contributed by atoms with Crippen LogP contribution in [0.4, 0.5) is 0 Å². The molecule has 7 nitrogen and oxygen atoms in total. The summed E-state index contributed by atoms with van der Waals surface area (Å²) in [4.78, 5) is 33.0. The van der Waals surface area contributed by atoms with E-state index in [1.54, 1.807) is 0 Å². The van der Waals surface area contributed by atoms with Crippen molar-refractivity contribution in [2.75, 3.05) is 26.2 Å². The van der Waals surface area contributed by atoms with E-state index < -0.39 is 0 Å². The lowest BCUT2D eigenvalue weighted by atomic mass is 9.96. The molecule has 25 heavy (non-hydrogen) atoms. The van der Waals surface area contributed by atoms with Crippen LogP contribution in [0.3, 0.4) is 0 Å². The largest absolute Gasteiger partial charge is 0.356 e. The van der Waals surface area contributed by atoms with Crippen LogP contribution in [-0.4, -0.2) is 70.9 Å². The summed E-state index contributed by atoms with van der Waals surface area (Å²) in [5.74, 6) is 0.557. The molecular formula is C18H35N5O2. The average molecular weight is 354 g/mol. The fourth-order valence-corrected chi connectivity index (χ4v) is 3.34. The number of carbonyl (C=O) groups is 2. The highest BCUT2D eigenvalue weighted by Gasteiger charge is 2.40. The number of carbonyl (C=O) groups excluding carboxylic acids is 2. The van der Waals surface area contributed by atoms with E-state index in [4.69, 9.17) is 0 Å². The maximum absolute atomic E-state index is 12.6. The van der Waals surface area contributed by atoms with Crippen LogP contribution in [0.1, 0.15) is 55.4 Å². The minimum Gasteiger partial charge on any atom is -0.356 e. The van der Waals surface area contributed by atoms with E-state index in [9.17, 15) is 9.59 Å². The number of amides is 2. The van der Waals surface area contributed by atoms with Gasteiger partial charge in [0.15, 0.2) is 5.96 Å². The average Bonchev–Trinajstić information content (AvgIpc) is 2.38. The lowest BCUT2D eigenvalue weighted by Gasteiger charge is -2.49. The Morgan fingerprint density at radius 2 is 1.92 bits per heavy atom. The second kappa shape index (κ2) is 8.06. The van der Waals surface area contributed by atoms with Gasteiger partial charge in [0.05, 0.1) is 12.1 Å². The van der Waals surface area contributed by atoms with E-state index in [-0.39, 0.29) is 42.0 Å². The van der Waals surface area contributed by atoms with Gasteiger partial charge >= 0.3 is 0 Å². The van der Waals surface area contributed by atoms with Crippen molar-refractivity contribution in [1.82, 2.24) is 20.4 Å². The highest BCUT2D eigenvalue weighted by Crippen LogP contribution is 2.24. The molecule has 1 rings (SSSR count). The smallest absolute Gasteiger partial charge is 0.242 e. The quantitative estimate of drug-likeness (QED) is 0.588. The molecule has 2 amide bonds. The summed E-state index contributed by atoms with van der Waals surface area (Å²) in [6.45, 7) is 17.6. The lowest BCUT2D eigenvalue weighted by molar-refractivity contribution is -0.145. The van der Waals surface area contributed by atoms with Gasteiger partial charge in [-0.2, -0.15) is 0 Å². The number of aliphatic imine (C=N–C) groups is 1. The maximum Gasteiger partial charge on any atom is 0.242 e. The van der Waals surface area contributed by atoms with Gasteiger partial charge in [-0.3, -0.25) is 9.59 Å². The van der Waals surface area contributed by atoms with Gasteiger partial charge in [0, 0.05) is 24.7 Å². The number of hydrogen-bond acceptors (Lipinski definition) is 3. The second-order valence-electron chi connectivity index (χ2n) is 8.49. The first-order valence-corrected chi connectivity index (χ1v) is 9.04. The number of rotatable bonds is 4. The van der Waals surface area contributed by atoms with Crippen LogP contribution in [0.25, 0.3) is 0 Å². The zero-order valence-corrected chi connectivity index (χ0v) is 17.1. The molecule has 1 aliphatic heterocycles. The van der Waals surface area contributed by atoms with Crippen LogP contribution >= 0.6 is 0 Å². The highest BCUT2D eigenvalue weighted by molar-refractivity contribution is 5.90. The normalized spacial score (nSPS) is 18.6. The Balaban J connectivity index is 2.91. The number of hydrogen-bond donors (Lipinski definition) is 2. The summed E-state index contributed by atoms with van der Waals surface area (Å²) in [6, 6.07) is 0.154. The molecule has 1 fully saturated rings. The molecule has 0 bridgehead atoms. The first kappa shape index (κ1) is 21.3. The fourth-order valence-electron chi connectivity index (χ4n) is 3.34. The number of nitrogens with one attached hydrogen (secondary N) is 2. The molecule has 0 aromatic heterocycles. The predicted molar refractivity (Wildman–Crippen MR) is 102 cm³/mol. The first-order valence-electron chi connectivity index (χ1n) is 9.04. The summed E-state index contributed by atoms with van der Waals surface area (Å²) in [6.07, 6.45) is 0. The van der Waals surface area contributed by atoms with Crippen molar-refractivity contribution in [3.63, 3.8) is 0 Å². The molecule has 0 aliphatic carbocycles. The summed E-state index contributed by atoms with van der Waals surface area (Å²) >= 11 is 0. The molecule has 144 valence electrons. The van der Waals surface area contributed by atoms with Gasteiger partial charge in [-0.1, -0.05) is 0 Å². The molecule has 7 heteroatoms. The topological polar surface area (TPSA) is 77.0 Å². The van der Waals surface area contributed by atoms with Crippen LogP contribution in [-0.2, 0) is 9.59 Å². The minimum absolute atomic E-state index is 0.0403. The zero-order valence-electron chi connectivity index (χ0n) is 17.1. The molecule has 0 radical (unpaired) electrons. The predicted octanol–water partition coefficient (Wildman–Crippen LogP) is 1.20. The number of nitrogens with zero attached hydrogens (tertiary/aromatic N) is 3. The van der Waals surface area contributed by atoms with E-state index in [1.165, 1.54) is 0 Å². The van der Waals surface area contributed by atoms with Gasteiger partial charge in [0.2, 0.25) is 11.8 Å². The van der Waals surface area contributed by atoms with Crippen LogP contribution in [0.2, 0.25) is 0 Å². The third-order valence-corrected chi connectivity index (χ3v) is 3.86. The van der Waals surface area contributed by atoms with Crippen LogP contribution in [0, 0.1) is 0 Å². The van der Waals surface area contributed by atoms with Crippen LogP contribution < -0.4 is 10.6 Å². The Morgan fingerprint density at radius 1 is 1.32 bits per heavy atom. The van der Waals surface area contributed by atoms with Crippen molar-refractivity contribution in [2.24, 2.45) is 4.99 Å². The van der Waals surface area contributed by atoms with Crippen LogP contribution in [0.5, 0.6) is 0 Å². The SMILES string of the molecule is CCNC(=NCC(=O)NC(C)(C)C)N1CC(=O)N(C(C)C)C(C)(C)C1. The van der Waals surface area contributed by atoms with E-state index in [1.807, 2.05) is 51.3 Å². The van der Waals surface area contributed by atoms with E-state index in [0.29, 0.717) is 19.0 Å². The monoisotopic (exact) mass is 353 g/mol. The summed E-state index contributed by atoms with van der Waals surface area (Å²) < 4.78 is 0. The molecule has 0 spiro atoms. The third-order valence-electron chi connectivity index (χ3n) is 3.86. The Kier molecular flexibility index (Phi) is 6.85. The van der Waals surface area contributed by atoms with E-state index >= 15 is 0 Å². The Hall–Kier alpha value is -1.79. The molecular weight excluding hydrogens is 318 g/mol. The van der Waals surface area contributed by atoms with Crippen molar-refractivity contribution in [1.29, 1.82) is 0 Å². The molecule has 2 N–H and O–H groups in total. The van der Waals surface area contributed by atoms with Gasteiger partial charge in [0.25, 0.3) is 0 Å². The van der Waals surface area contributed by atoms with Crippen molar-refractivity contribution >= 4 is 17.8 Å². The standard InChI is InChI=1S/C18H35N5O2/c1-9-19-16(20-10-14(24)21-17(4,5)6)22-11-15(25)23(13(2)3)18(7,8)12-22/h13H,9-12H2,1-8H3,(H,19,20)(H,21,24). The molecule has 1 aliphatic rings. The molecule has 0 saturated carbocycles. The maximum atomic E-state index is 12.6. The zero-order chi connectivity index (χ0) is 19.4. The molecule has 0 atom stereocenters. The molecule has 1 saturated heterocycles. The van der Waals surface area contributed by atoms with Crippen molar-refractivity contribution in [3.8, 4) is 0 Å². The molecule has 0 unspecified atom stereocenters. The number of guanidine groups is 1. The van der Waals surface area contributed by atoms with Gasteiger partial charge in [-0.25, -0.2) is 4.99 Å². The highest BCUT2D eigenvalue weighted by atomic mass is 16.2. The van der Waals surface area contributed by atoms with E-state index in [0.717, 1.165) is 0 Å². The summed E-state index contributed by atoms with van der Waals surface area (Å²) in [7, 11) is 0. The Morgan fingerprint density at radius 3 is 2.36 bits per heavy atom. The minimum atomic E-state index is -0.298. The number of piperazine rings is 1. The van der Waals surface area contributed by atoms with Gasteiger partial charge in [-0.05, 0) is 55.4 Å². The Bertz CT molecular complexity index is 520. The first-order chi connectivity index (χ1) is 11.4. The lowest BCUT2D eigenvalue weighted by Crippen LogP contribution is -2.66. The van der Waals surface area contributed by atoms with Crippen molar-refractivity contribution in [3.05, 3.63) is 0 Å². The second-order valence-corrected chi connectivity index (χ2v) is 8.49. The third kappa shape index (κ3) is 6.21. The fraction of sp³-hybridized carbons (Fsp3) is 0.833. The van der Waals surface area contributed by atoms with Crippen molar-refractivity contribution in [2.45, 2.75) is 72.5 Å². The van der Waals surface area contributed by atoms with Crippen molar-refractivity contribution < 1.29 is 9.59 Å². The Labute approximate surface area is 152 Å². The molecule has 1 heterocycles.